The fourth-order valence-electron chi connectivity index (χ4n) is 2.18. The lowest BCUT2D eigenvalue weighted by atomic mass is 10.3. The SMILES string of the molecule is CCCNCc1cc(S(=O)(=O)NC(C)CN(C)C)c(C)s1. The summed E-state index contributed by atoms with van der Waals surface area (Å²) in [6, 6.07) is 1.67. The molecule has 7 heteroatoms. The van der Waals surface area contributed by atoms with E-state index in [0.717, 1.165) is 29.3 Å². The molecule has 1 unspecified atom stereocenters. The number of hydrogen-bond donors (Lipinski definition) is 2. The Morgan fingerprint density at radius 1 is 1.38 bits per heavy atom. The van der Waals surface area contributed by atoms with Crippen LogP contribution in [0.15, 0.2) is 11.0 Å². The maximum Gasteiger partial charge on any atom is 0.241 e. The smallest absolute Gasteiger partial charge is 0.241 e. The summed E-state index contributed by atoms with van der Waals surface area (Å²) < 4.78 is 27.6. The van der Waals surface area contributed by atoms with Crippen molar-refractivity contribution in [2.24, 2.45) is 0 Å². The Morgan fingerprint density at radius 3 is 2.62 bits per heavy atom. The van der Waals surface area contributed by atoms with E-state index < -0.39 is 10.0 Å². The predicted molar refractivity (Wildman–Crippen MR) is 89.4 cm³/mol. The van der Waals surface area contributed by atoms with E-state index in [1.807, 2.05) is 32.8 Å². The monoisotopic (exact) mass is 333 g/mol. The van der Waals surface area contributed by atoms with Crippen LogP contribution in [0.5, 0.6) is 0 Å². The molecular weight excluding hydrogens is 306 g/mol. The van der Waals surface area contributed by atoms with Crippen LogP contribution in [-0.2, 0) is 16.6 Å². The number of likely N-dealkylation sites (N-methyl/N-ethyl adjacent to an activating group) is 1. The zero-order chi connectivity index (χ0) is 16.0. The van der Waals surface area contributed by atoms with Crippen LogP contribution in [0.25, 0.3) is 0 Å². The highest BCUT2D eigenvalue weighted by atomic mass is 32.2. The molecule has 0 aromatic carbocycles. The predicted octanol–water partition coefficient (Wildman–Crippen LogP) is 1.78. The van der Waals surface area contributed by atoms with Crippen LogP contribution in [0.2, 0.25) is 0 Å². The molecule has 1 aromatic rings. The van der Waals surface area contributed by atoms with Crippen molar-refractivity contribution < 1.29 is 8.42 Å². The Morgan fingerprint density at radius 2 is 2.05 bits per heavy atom. The number of nitrogens with one attached hydrogen (secondary N) is 2. The van der Waals surface area contributed by atoms with Crippen molar-refractivity contribution in [2.45, 2.75) is 44.7 Å². The van der Waals surface area contributed by atoms with Crippen LogP contribution >= 0.6 is 11.3 Å². The molecule has 1 atom stereocenters. The molecule has 1 rings (SSSR count). The van der Waals surface area contributed by atoms with Gasteiger partial charge in [0.05, 0.1) is 4.90 Å². The normalized spacial score (nSPS) is 13.8. The molecule has 0 saturated heterocycles. The maximum atomic E-state index is 12.4. The van der Waals surface area contributed by atoms with E-state index in [1.54, 1.807) is 17.4 Å². The standard InChI is InChI=1S/C14H27N3O2S2/c1-6-7-15-9-13-8-14(12(3)20-13)21(18,19)16-11(2)10-17(4)5/h8,11,15-16H,6-7,9-10H2,1-5H3. The lowest BCUT2D eigenvalue weighted by Gasteiger charge is -2.18. The summed E-state index contributed by atoms with van der Waals surface area (Å²) >= 11 is 1.54. The van der Waals surface area contributed by atoms with Gasteiger partial charge in [-0.3, -0.25) is 0 Å². The number of rotatable bonds is 9. The van der Waals surface area contributed by atoms with Gasteiger partial charge in [-0.05, 0) is 47.0 Å². The van der Waals surface area contributed by atoms with Gasteiger partial charge in [0.25, 0.3) is 0 Å². The van der Waals surface area contributed by atoms with Crippen LogP contribution in [-0.4, -0.2) is 46.5 Å². The highest BCUT2D eigenvalue weighted by Gasteiger charge is 2.22. The molecule has 0 aliphatic carbocycles. The van der Waals surface area contributed by atoms with Crippen LogP contribution in [0.3, 0.4) is 0 Å². The van der Waals surface area contributed by atoms with Crippen molar-refractivity contribution in [3.05, 3.63) is 15.8 Å². The van der Waals surface area contributed by atoms with Crippen molar-refractivity contribution in [2.75, 3.05) is 27.2 Å². The molecule has 0 spiro atoms. The summed E-state index contributed by atoms with van der Waals surface area (Å²) in [6.45, 7) is 8.19. The van der Waals surface area contributed by atoms with E-state index in [9.17, 15) is 8.42 Å². The molecule has 0 aliphatic rings. The second kappa shape index (κ2) is 8.24. The molecule has 1 aromatic heterocycles. The lowest BCUT2D eigenvalue weighted by Crippen LogP contribution is -2.39. The highest BCUT2D eigenvalue weighted by molar-refractivity contribution is 7.89. The summed E-state index contributed by atoms with van der Waals surface area (Å²) in [6.07, 6.45) is 1.07. The summed E-state index contributed by atoms with van der Waals surface area (Å²) in [5.74, 6) is 0. The average molecular weight is 334 g/mol. The third-order valence-electron chi connectivity index (χ3n) is 2.93. The first-order chi connectivity index (χ1) is 9.76. The number of thiophene rings is 1. The van der Waals surface area contributed by atoms with E-state index in [-0.39, 0.29) is 6.04 Å². The lowest BCUT2D eigenvalue weighted by molar-refractivity contribution is 0.370. The summed E-state index contributed by atoms with van der Waals surface area (Å²) in [7, 11) is 0.418. The highest BCUT2D eigenvalue weighted by Crippen LogP contribution is 2.25. The minimum absolute atomic E-state index is 0.119. The van der Waals surface area contributed by atoms with Crippen molar-refractivity contribution in [3.63, 3.8) is 0 Å². The third-order valence-corrected chi connectivity index (χ3v) is 5.83. The fraction of sp³-hybridized carbons (Fsp3) is 0.714. The van der Waals surface area contributed by atoms with E-state index in [1.165, 1.54) is 0 Å². The van der Waals surface area contributed by atoms with Gasteiger partial charge >= 0.3 is 0 Å². The summed E-state index contributed by atoms with van der Waals surface area (Å²) in [5.41, 5.74) is 0. The molecule has 0 aliphatic heterocycles. The van der Waals surface area contributed by atoms with Crippen LogP contribution in [0, 0.1) is 6.92 Å². The topological polar surface area (TPSA) is 61.4 Å². The molecule has 21 heavy (non-hydrogen) atoms. The first kappa shape index (κ1) is 18.6. The van der Waals surface area contributed by atoms with Crippen molar-refractivity contribution in [3.8, 4) is 0 Å². The van der Waals surface area contributed by atoms with Gasteiger partial charge in [-0.25, -0.2) is 13.1 Å². The van der Waals surface area contributed by atoms with Crippen molar-refractivity contribution >= 4 is 21.4 Å². The Hall–Kier alpha value is -0.470. The molecule has 5 nitrogen and oxygen atoms in total. The second-order valence-corrected chi connectivity index (χ2v) is 8.62. The Bertz CT molecular complexity index is 538. The summed E-state index contributed by atoms with van der Waals surface area (Å²) in [5, 5.41) is 3.30. The zero-order valence-electron chi connectivity index (χ0n) is 13.6. The van der Waals surface area contributed by atoms with Gasteiger partial charge in [-0.2, -0.15) is 0 Å². The molecule has 0 fully saturated rings. The molecular formula is C14H27N3O2S2. The molecule has 1 heterocycles. The number of nitrogens with zero attached hydrogens (tertiary/aromatic N) is 1. The molecule has 0 radical (unpaired) electrons. The largest absolute Gasteiger partial charge is 0.312 e. The van der Waals surface area contributed by atoms with Crippen molar-refractivity contribution in [1.82, 2.24) is 14.9 Å². The van der Waals surface area contributed by atoms with E-state index in [4.69, 9.17) is 0 Å². The number of aryl methyl sites for hydroxylation is 1. The molecule has 2 N–H and O–H groups in total. The van der Waals surface area contributed by atoms with Gasteiger partial charge in [-0.1, -0.05) is 6.92 Å². The molecule has 122 valence electrons. The molecule has 0 saturated carbocycles. The summed E-state index contributed by atoms with van der Waals surface area (Å²) in [4.78, 5) is 4.27. The number of hydrogen-bond acceptors (Lipinski definition) is 5. The second-order valence-electron chi connectivity index (χ2n) is 5.59. The van der Waals surface area contributed by atoms with Gasteiger partial charge in [0.2, 0.25) is 10.0 Å². The van der Waals surface area contributed by atoms with Gasteiger partial charge in [0, 0.05) is 28.9 Å². The molecule has 0 bridgehead atoms. The number of sulfonamides is 1. The Kier molecular flexibility index (Phi) is 7.29. The van der Waals surface area contributed by atoms with Crippen LogP contribution < -0.4 is 10.0 Å². The first-order valence-corrected chi connectivity index (χ1v) is 9.53. The Labute approximate surface area is 132 Å². The van der Waals surface area contributed by atoms with Gasteiger partial charge in [-0.15, -0.1) is 11.3 Å². The van der Waals surface area contributed by atoms with Gasteiger partial charge < -0.3 is 10.2 Å². The molecule has 0 amide bonds. The third kappa shape index (κ3) is 6.04. The van der Waals surface area contributed by atoms with E-state index in [2.05, 4.69) is 17.0 Å². The zero-order valence-corrected chi connectivity index (χ0v) is 15.2. The first-order valence-electron chi connectivity index (χ1n) is 7.23. The minimum Gasteiger partial charge on any atom is -0.312 e. The fourth-order valence-corrected chi connectivity index (χ4v) is 5.02. The van der Waals surface area contributed by atoms with E-state index >= 15 is 0 Å². The van der Waals surface area contributed by atoms with Crippen LogP contribution in [0.4, 0.5) is 0 Å². The maximum absolute atomic E-state index is 12.4. The quantitative estimate of drug-likeness (QED) is 0.676. The van der Waals surface area contributed by atoms with E-state index in [0.29, 0.717) is 11.4 Å². The average Bonchev–Trinajstić information content (AvgIpc) is 2.69. The van der Waals surface area contributed by atoms with Gasteiger partial charge in [0.1, 0.15) is 0 Å². The van der Waals surface area contributed by atoms with Crippen LogP contribution in [0.1, 0.15) is 30.0 Å². The van der Waals surface area contributed by atoms with Crippen molar-refractivity contribution in [1.29, 1.82) is 0 Å². The van der Waals surface area contributed by atoms with Gasteiger partial charge in [0.15, 0.2) is 0 Å². The Balaban J connectivity index is 2.78. The minimum atomic E-state index is -3.44.